The Bertz CT molecular complexity index is 383. The molecule has 0 N–H and O–H groups in total. The van der Waals surface area contributed by atoms with E-state index in [0.29, 0.717) is 5.41 Å². The molecule has 0 radical (unpaired) electrons. The zero-order valence-corrected chi connectivity index (χ0v) is 20.6. The molecule has 0 spiro atoms. The number of hydrogen-bond acceptors (Lipinski definition) is 0. The minimum Gasteiger partial charge on any atom is -0.0654 e. The monoisotopic (exact) mass is 378 g/mol. The molecule has 1 saturated carbocycles. The molecule has 0 heteroatoms. The van der Waals surface area contributed by atoms with E-state index in [9.17, 15) is 0 Å². The van der Waals surface area contributed by atoms with Gasteiger partial charge in [0.2, 0.25) is 0 Å². The van der Waals surface area contributed by atoms with E-state index in [0.717, 1.165) is 41.4 Å². The molecular formula is C27H54. The summed E-state index contributed by atoms with van der Waals surface area (Å²) in [6.45, 7) is 22.4. The summed E-state index contributed by atoms with van der Waals surface area (Å²) in [4.78, 5) is 0. The van der Waals surface area contributed by atoms with Gasteiger partial charge in [0.25, 0.3) is 0 Å². The van der Waals surface area contributed by atoms with Gasteiger partial charge in [-0.15, -0.1) is 0 Å². The molecule has 27 heavy (non-hydrogen) atoms. The largest absolute Gasteiger partial charge is 0.0654 e. The molecule has 0 aromatic carbocycles. The average molecular weight is 379 g/mol. The van der Waals surface area contributed by atoms with Crippen LogP contribution in [0.25, 0.3) is 0 Å². The third kappa shape index (κ3) is 5.76. The highest BCUT2D eigenvalue weighted by atomic mass is 14.6. The van der Waals surface area contributed by atoms with Gasteiger partial charge in [-0.2, -0.15) is 0 Å². The summed E-state index contributed by atoms with van der Waals surface area (Å²) in [5, 5.41) is 0. The molecule has 0 aromatic heterocycles. The van der Waals surface area contributed by atoms with Crippen molar-refractivity contribution in [2.45, 2.75) is 127 Å². The van der Waals surface area contributed by atoms with Crippen molar-refractivity contribution < 1.29 is 0 Å². The van der Waals surface area contributed by atoms with E-state index in [4.69, 9.17) is 0 Å². The first-order chi connectivity index (χ1) is 12.8. The maximum absolute atomic E-state index is 2.73. The van der Waals surface area contributed by atoms with Crippen LogP contribution < -0.4 is 0 Å². The minimum atomic E-state index is 0.580. The fourth-order valence-corrected chi connectivity index (χ4v) is 7.20. The smallest absolute Gasteiger partial charge is 0.0264 e. The quantitative estimate of drug-likeness (QED) is 0.299. The van der Waals surface area contributed by atoms with Crippen LogP contribution >= 0.6 is 0 Å². The number of rotatable bonds is 13. The van der Waals surface area contributed by atoms with Crippen LogP contribution in [-0.4, -0.2) is 0 Å². The molecule has 1 aliphatic carbocycles. The topological polar surface area (TPSA) is 0 Å². The molecular weight excluding hydrogens is 324 g/mol. The first kappa shape index (κ1) is 25.0. The van der Waals surface area contributed by atoms with Gasteiger partial charge < -0.3 is 0 Å². The second-order valence-electron chi connectivity index (χ2n) is 10.6. The van der Waals surface area contributed by atoms with Crippen LogP contribution in [0.4, 0.5) is 0 Å². The van der Waals surface area contributed by atoms with Gasteiger partial charge in [-0.3, -0.25) is 0 Å². The summed E-state index contributed by atoms with van der Waals surface area (Å²) in [6, 6.07) is 0. The maximum Gasteiger partial charge on any atom is -0.0264 e. The van der Waals surface area contributed by atoms with Crippen LogP contribution in [0.3, 0.4) is 0 Å². The molecule has 0 aliphatic heterocycles. The van der Waals surface area contributed by atoms with Crippen molar-refractivity contribution in [1.82, 2.24) is 0 Å². The van der Waals surface area contributed by atoms with E-state index >= 15 is 0 Å². The summed E-state index contributed by atoms with van der Waals surface area (Å²) in [6.07, 6.45) is 14.2. The van der Waals surface area contributed by atoms with Crippen LogP contribution in [0.2, 0.25) is 0 Å². The summed E-state index contributed by atoms with van der Waals surface area (Å²) in [5.41, 5.74) is 0.580. The molecule has 7 atom stereocenters. The predicted octanol–water partition coefficient (Wildman–Crippen LogP) is 9.38. The third-order valence-electron chi connectivity index (χ3n) is 8.93. The van der Waals surface area contributed by atoms with Gasteiger partial charge in [0.05, 0.1) is 0 Å². The Balaban J connectivity index is 3.30. The van der Waals surface area contributed by atoms with Gasteiger partial charge >= 0.3 is 0 Å². The molecule has 1 aliphatic rings. The van der Waals surface area contributed by atoms with Crippen molar-refractivity contribution in [3.8, 4) is 0 Å². The number of hydrogen-bond donors (Lipinski definition) is 0. The van der Waals surface area contributed by atoms with Crippen molar-refractivity contribution in [3.05, 3.63) is 0 Å². The van der Waals surface area contributed by atoms with E-state index in [2.05, 4.69) is 62.3 Å². The Morgan fingerprint density at radius 1 is 0.852 bits per heavy atom. The Morgan fingerprint density at radius 3 is 1.93 bits per heavy atom. The van der Waals surface area contributed by atoms with Gasteiger partial charge in [-0.05, 0) is 72.5 Å². The van der Waals surface area contributed by atoms with E-state index in [-0.39, 0.29) is 0 Å². The average Bonchev–Trinajstić information content (AvgIpc) is 2.96. The Kier molecular flexibility index (Phi) is 11.0. The third-order valence-corrected chi connectivity index (χ3v) is 8.93. The van der Waals surface area contributed by atoms with Crippen LogP contribution in [0.5, 0.6) is 0 Å². The van der Waals surface area contributed by atoms with Crippen LogP contribution in [0, 0.1) is 46.8 Å². The molecule has 1 fully saturated rings. The molecule has 0 bridgehead atoms. The molecule has 162 valence electrons. The van der Waals surface area contributed by atoms with Gasteiger partial charge in [0.1, 0.15) is 0 Å². The first-order valence-corrected chi connectivity index (χ1v) is 12.8. The van der Waals surface area contributed by atoms with Gasteiger partial charge in [-0.1, -0.05) is 101 Å². The van der Waals surface area contributed by atoms with E-state index in [1.54, 1.807) is 0 Å². The molecule has 0 aromatic rings. The minimum absolute atomic E-state index is 0.580. The molecule has 7 unspecified atom stereocenters. The van der Waals surface area contributed by atoms with Gasteiger partial charge in [0.15, 0.2) is 0 Å². The standard InChI is InChI=1S/C27H54/c1-10-15-24(23(14-5)21(8)20(6)7)26(17-12-3)27(9)19-18-22(13-4)25(27)16-11-2/h20-26H,10-19H2,1-9H3. The predicted molar refractivity (Wildman–Crippen MR) is 124 cm³/mol. The van der Waals surface area contributed by atoms with E-state index in [1.165, 1.54) is 64.2 Å². The van der Waals surface area contributed by atoms with Crippen LogP contribution in [-0.2, 0) is 0 Å². The normalized spacial score (nSPS) is 30.4. The Labute approximate surface area is 173 Å². The van der Waals surface area contributed by atoms with Crippen molar-refractivity contribution >= 4 is 0 Å². The Hall–Kier alpha value is 0. The van der Waals surface area contributed by atoms with Gasteiger partial charge in [0, 0.05) is 0 Å². The molecule has 0 heterocycles. The van der Waals surface area contributed by atoms with Crippen LogP contribution in [0.1, 0.15) is 127 Å². The molecule has 0 nitrogen and oxygen atoms in total. The van der Waals surface area contributed by atoms with Crippen molar-refractivity contribution in [2.24, 2.45) is 46.8 Å². The highest BCUT2D eigenvalue weighted by Crippen LogP contribution is 2.59. The van der Waals surface area contributed by atoms with E-state index < -0.39 is 0 Å². The summed E-state index contributed by atoms with van der Waals surface area (Å²) in [7, 11) is 0. The lowest BCUT2D eigenvalue weighted by molar-refractivity contribution is 0.000164. The lowest BCUT2D eigenvalue weighted by Gasteiger charge is -2.49. The lowest BCUT2D eigenvalue weighted by Crippen LogP contribution is -2.42. The van der Waals surface area contributed by atoms with Crippen molar-refractivity contribution in [2.75, 3.05) is 0 Å². The summed E-state index contributed by atoms with van der Waals surface area (Å²) in [5.74, 6) is 6.38. The van der Waals surface area contributed by atoms with Crippen molar-refractivity contribution in [3.63, 3.8) is 0 Å². The first-order valence-electron chi connectivity index (χ1n) is 12.8. The molecule has 0 saturated heterocycles. The van der Waals surface area contributed by atoms with Crippen molar-refractivity contribution in [1.29, 1.82) is 0 Å². The van der Waals surface area contributed by atoms with E-state index in [1.807, 2.05) is 0 Å². The second kappa shape index (κ2) is 11.9. The zero-order valence-electron chi connectivity index (χ0n) is 20.6. The van der Waals surface area contributed by atoms with Crippen LogP contribution in [0.15, 0.2) is 0 Å². The summed E-state index contributed by atoms with van der Waals surface area (Å²) >= 11 is 0. The molecule has 1 rings (SSSR count). The highest BCUT2D eigenvalue weighted by molar-refractivity contribution is 5.00. The van der Waals surface area contributed by atoms with Gasteiger partial charge in [-0.25, -0.2) is 0 Å². The SMILES string of the molecule is CCCC(C(CC)C(C)C(C)C)C(CCC)C1(C)CCC(CC)C1CCC. The fraction of sp³-hybridized carbons (Fsp3) is 1.00. The zero-order chi connectivity index (χ0) is 20.6. The lowest BCUT2D eigenvalue weighted by atomic mass is 9.56. The molecule has 0 amide bonds. The fourth-order valence-electron chi connectivity index (χ4n) is 7.20. The maximum atomic E-state index is 2.73. The second-order valence-corrected chi connectivity index (χ2v) is 10.6. The summed E-state index contributed by atoms with van der Waals surface area (Å²) < 4.78 is 0. The highest BCUT2D eigenvalue weighted by Gasteiger charge is 2.51. The Morgan fingerprint density at radius 2 is 1.48 bits per heavy atom.